The number of carbonyl (C=O) groups excluding carboxylic acids is 2. The Morgan fingerprint density at radius 1 is 1.04 bits per heavy atom. The van der Waals surface area contributed by atoms with Crippen LogP contribution in [0.3, 0.4) is 0 Å². The van der Waals surface area contributed by atoms with Crippen LogP contribution in [0.1, 0.15) is 11.1 Å². The molecule has 0 radical (unpaired) electrons. The lowest BCUT2D eigenvalue weighted by Crippen LogP contribution is -2.51. The molecule has 5 N–H and O–H groups in total. The Labute approximate surface area is 139 Å². The van der Waals surface area contributed by atoms with Crippen LogP contribution in [-0.2, 0) is 22.6 Å². The number of ether oxygens (including phenoxy) is 1. The lowest BCUT2D eigenvalue weighted by atomic mass is 10.1. The van der Waals surface area contributed by atoms with E-state index in [4.69, 9.17) is 16.3 Å². The molecule has 7 nitrogen and oxygen atoms in total. The predicted molar refractivity (Wildman–Crippen MR) is 87.4 cm³/mol. The first-order valence-corrected chi connectivity index (χ1v) is 7.30. The highest BCUT2D eigenvalue weighted by Crippen LogP contribution is 2.11. The van der Waals surface area contributed by atoms with Gasteiger partial charge in [-0.25, -0.2) is 10.6 Å². The highest BCUT2D eigenvalue weighted by atomic mass is 16.6. The van der Waals surface area contributed by atoms with E-state index in [1.54, 1.807) is 24.3 Å². The predicted octanol–water partition coefficient (Wildman–Crippen LogP) is 1.30. The molecule has 0 bridgehead atoms. The number of amides is 2. The number of nitrogens with zero attached hydrogens (tertiary/aromatic N) is 1. The van der Waals surface area contributed by atoms with Gasteiger partial charge in [0.05, 0.1) is 6.04 Å². The number of phenols is 1. The third-order valence-electron chi connectivity index (χ3n) is 3.35. The van der Waals surface area contributed by atoms with Crippen molar-refractivity contribution in [3.63, 3.8) is 0 Å². The highest BCUT2D eigenvalue weighted by Gasteiger charge is 2.25. The maximum Gasteiger partial charge on any atom is 0.431 e. The number of hydrogen-bond donors (Lipinski definition) is 3. The molecule has 0 aliphatic heterocycles. The van der Waals surface area contributed by atoms with Crippen LogP contribution in [-0.4, -0.2) is 28.2 Å². The summed E-state index contributed by atoms with van der Waals surface area (Å²) in [5.41, 5.74) is 7.31. The number of benzene rings is 2. The number of carbonyl (C=O) groups is 2. The Balaban J connectivity index is 1.87. The Morgan fingerprint density at radius 2 is 1.67 bits per heavy atom. The van der Waals surface area contributed by atoms with E-state index in [-0.39, 0.29) is 18.8 Å². The lowest BCUT2D eigenvalue weighted by Gasteiger charge is -2.19. The highest BCUT2D eigenvalue weighted by molar-refractivity contribution is 5.94. The van der Waals surface area contributed by atoms with E-state index < -0.39 is 18.0 Å². The molecule has 0 aliphatic rings. The van der Waals surface area contributed by atoms with E-state index in [9.17, 15) is 14.7 Å². The van der Waals surface area contributed by atoms with Crippen molar-refractivity contribution in [3.05, 3.63) is 65.7 Å². The Kier molecular flexibility index (Phi) is 5.89. The molecule has 2 amide bonds. The molecule has 1 atom stereocenters. The first-order chi connectivity index (χ1) is 11.5. The summed E-state index contributed by atoms with van der Waals surface area (Å²) >= 11 is 0. The van der Waals surface area contributed by atoms with E-state index in [1.165, 1.54) is 12.1 Å². The van der Waals surface area contributed by atoms with Crippen LogP contribution in [0.2, 0.25) is 0 Å². The van der Waals surface area contributed by atoms with Gasteiger partial charge in [0.2, 0.25) is 0 Å². The molecule has 0 aliphatic carbocycles. The van der Waals surface area contributed by atoms with Crippen molar-refractivity contribution in [2.75, 3.05) is 0 Å². The molecule has 0 heterocycles. The number of rotatable bonds is 5. The molecule has 24 heavy (non-hydrogen) atoms. The summed E-state index contributed by atoms with van der Waals surface area (Å²) in [5, 5.41) is 9.61. The zero-order valence-electron chi connectivity index (χ0n) is 13.0. The molecule has 0 saturated heterocycles. The van der Waals surface area contributed by atoms with Crippen LogP contribution in [0.4, 0.5) is 4.79 Å². The molecule has 2 aromatic rings. The average Bonchev–Trinajstić information content (AvgIpc) is 2.61. The number of phenolic OH excluding ortho intramolecular Hbond substituents is 1. The van der Waals surface area contributed by atoms with Crippen molar-refractivity contribution in [1.29, 1.82) is 0 Å². The van der Waals surface area contributed by atoms with Gasteiger partial charge in [0.1, 0.15) is 12.4 Å². The quantitative estimate of drug-likeness (QED) is 0.432. The lowest BCUT2D eigenvalue weighted by molar-refractivity contribution is -0.131. The smallest absolute Gasteiger partial charge is 0.431 e. The Bertz CT molecular complexity index is 689. The summed E-state index contributed by atoms with van der Waals surface area (Å²) in [6.07, 6.45) is -0.788. The van der Waals surface area contributed by atoms with Crippen LogP contribution in [0, 0.1) is 0 Å². The summed E-state index contributed by atoms with van der Waals surface area (Å²) in [4.78, 5) is 23.9. The van der Waals surface area contributed by atoms with E-state index >= 15 is 0 Å². The summed E-state index contributed by atoms with van der Waals surface area (Å²) in [5.74, 6) is 4.86. The maximum atomic E-state index is 12.1. The maximum absolute atomic E-state index is 12.1. The molecular formula is C17H19N3O4. The van der Waals surface area contributed by atoms with Gasteiger partial charge in [-0.15, -0.1) is 0 Å². The molecular weight excluding hydrogens is 310 g/mol. The Morgan fingerprint density at radius 3 is 2.29 bits per heavy atom. The second kappa shape index (κ2) is 8.09. The fourth-order valence-corrected chi connectivity index (χ4v) is 2.03. The first-order valence-electron chi connectivity index (χ1n) is 7.30. The minimum Gasteiger partial charge on any atom is -0.508 e. The van der Waals surface area contributed by atoms with Crippen molar-refractivity contribution in [2.24, 2.45) is 11.6 Å². The molecule has 126 valence electrons. The fraction of sp³-hybridized carbons (Fsp3) is 0.176. The van der Waals surface area contributed by atoms with Crippen LogP contribution in [0.15, 0.2) is 54.6 Å². The molecule has 0 spiro atoms. The van der Waals surface area contributed by atoms with Gasteiger partial charge in [0.15, 0.2) is 0 Å². The summed E-state index contributed by atoms with van der Waals surface area (Å²) in [6.45, 7) is 0.00779. The van der Waals surface area contributed by atoms with Crippen molar-refractivity contribution < 1.29 is 19.4 Å². The molecule has 0 fully saturated rings. The minimum atomic E-state index is -0.996. The molecule has 2 rings (SSSR count). The molecule has 0 aromatic heterocycles. The third kappa shape index (κ3) is 4.80. The second-order valence-corrected chi connectivity index (χ2v) is 5.23. The van der Waals surface area contributed by atoms with Gasteiger partial charge in [0, 0.05) is 0 Å². The topological polar surface area (TPSA) is 119 Å². The van der Waals surface area contributed by atoms with Gasteiger partial charge in [-0.2, -0.15) is 5.01 Å². The monoisotopic (exact) mass is 329 g/mol. The number of hydrazine groups is 1. The number of nitrogens with two attached hydrogens (primary N) is 2. The van der Waals surface area contributed by atoms with Crippen LogP contribution < -0.4 is 11.6 Å². The van der Waals surface area contributed by atoms with Crippen LogP contribution in [0.25, 0.3) is 0 Å². The zero-order chi connectivity index (χ0) is 17.5. The molecule has 7 heteroatoms. The standard InChI is InChI=1S/C17H19N3O4/c18-15(10-12-6-8-14(21)9-7-12)16(22)20(19)17(23)24-11-13-4-2-1-3-5-13/h1-9,15,21H,10-11,18-19H2/t15-/m0/s1. The normalized spacial score (nSPS) is 11.6. The van der Waals surface area contributed by atoms with Crippen molar-refractivity contribution >= 4 is 12.0 Å². The van der Waals surface area contributed by atoms with Gasteiger partial charge < -0.3 is 15.6 Å². The van der Waals surface area contributed by atoms with Gasteiger partial charge in [-0.05, 0) is 29.7 Å². The summed E-state index contributed by atoms with van der Waals surface area (Å²) in [6, 6.07) is 14.3. The van der Waals surface area contributed by atoms with E-state index in [0.717, 1.165) is 11.1 Å². The van der Waals surface area contributed by atoms with Gasteiger partial charge in [-0.1, -0.05) is 42.5 Å². The van der Waals surface area contributed by atoms with Crippen LogP contribution in [0.5, 0.6) is 5.75 Å². The SMILES string of the molecule is N[C@@H](Cc1ccc(O)cc1)C(=O)N(N)C(=O)OCc1ccccc1. The second-order valence-electron chi connectivity index (χ2n) is 5.23. The van der Waals surface area contributed by atoms with Crippen molar-refractivity contribution in [1.82, 2.24) is 5.01 Å². The summed E-state index contributed by atoms with van der Waals surface area (Å²) < 4.78 is 4.98. The van der Waals surface area contributed by atoms with Crippen molar-refractivity contribution in [3.8, 4) is 5.75 Å². The van der Waals surface area contributed by atoms with E-state index in [1.807, 2.05) is 18.2 Å². The minimum absolute atomic E-state index is 0.00779. The van der Waals surface area contributed by atoms with E-state index in [2.05, 4.69) is 0 Å². The largest absolute Gasteiger partial charge is 0.508 e. The van der Waals surface area contributed by atoms with Gasteiger partial charge in [-0.3, -0.25) is 4.79 Å². The average molecular weight is 329 g/mol. The fourth-order valence-electron chi connectivity index (χ4n) is 2.03. The Hall–Kier alpha value is -2.90. The molecule has 2 aromatic carbocycles. The number of hydrogen-bond acceptors (Lipinski definition) is 6. The number of aromatic hydroxyl groups is 1. The molecule has 0 unspecified atom stereocenters. The molecule has 0 saturated carbocycles. The zero-order valence-corrected chi connectivity index (χ0v) is 13.0. The van der Waals surface area contributed by atoms with Crippen molar-refractivity contribution in [2.45, 2.75) is 19.1 Å². The first kappa shape index (κ1) is 17.5. The van der Waals surface area contributed by atoms with Gasteiger partial charge >= 0.3 is 6.09 Å². The number of imide groups is 1. The van der Waals surface area contributed by atoms with Gasteiger partial charge in [0.25, 0.3) is 5.91 Å². The summed E-state index contributed by atoms with van der Waals surface area (Å²) in [7, 11) is 0. The van der Waals surface area contributed by atoms with Crippen LogP contribution >= 0.6 is 0 Å². The van der Waals surface area contributed by atoms with E-state index in [0.29, 0.717) is 5.01 Å². The third-order valence-corrected chi connectivity index (χ3v) is 3.35.